The third-order valence-corrected chi connectivity index (χ3v) is 2.42. The van der Waals surface area contributed by atoms with Crippen LogP contribution in [-0.4, -0.2) is 21.0 Å². The molecular weight excluding hydrogens is 164 g/mol. The Morgan fingerprint density at radius 3 is 2.62 bits per heavy atom. The van der Waals surface area contributed by atoms with E-state index in [9.17, 15) is 5.11 Å². The highest BCUT2D eigenvalue weighted by Gasteiger charge is 2.16. The van der Waals surface area contributed by atoms with Crippen molar-refractivity contribution >= 4 is 0 Å². The average Bonchev–Trinajstić information content (AvgIpc) is 2.45. The Morgan fingerprint density at radius 2 is 2.15 bits per heavy atom. The van der Waals surface area contributed by atoms with Crippen molar-refractivity contribution < 1.29 is 5.11 Å². The maximum atomic E-state index is 9.46. The predicted molar refractivity (Wildman–Crippen MR) is 52.7 cm³/mol. The van der Waals surface area contributed by atoms with Crippen LogP contribution in [0.25, 0.3) is 0 Å². The molecule has 0 aromatic carbocycles. The minimum Gasteiger partial charge on any atom is -0.393 e. The number of rotatable bonds is 3. The highest BCUT2D eigenvalue weighted by Crippen LogP contribution is 2.19. The second-order valence-corrected chi connectivity index (χ2v) is 3.56. The Labute approximate surface area is 79.4 Å². The van der Waals surface area contributed by atoms with Gasteiger partial charge in [-0.2, -0.15) is 5.10 Å². The number of aliphatic hydroxyl groups excluding tert-OH is 1. The summed E-state index contributed by atoms with van der Waals surface area (Å²) in [4.78, 5) is 0. The molecule has 0 saturated carbocycles. The van der Waals surface area contributed by atoms with Crippen molar-refractivity contribution in [3.8, 4) is 0 Å². The number of aliphatic hydroxyl groups is 1. The Bertz CT molecular complexity index is 278. The molecule has 74 valence electrons. The molecule has 1 rings (SSSR count). The number of nitrogens with zero attached hydrogens (tertiary/aromatic N) is 2. The van der Waals surface area contributed by atoms with Crippen LogP contribution in [0.15, 0.2) is 6.07 Å². The summed E-state index contributed by atoms with van der Waals surface area (Å²) >= 11 is 0. The molecule has 3 heteroatoms. The molecule has 3 nitrogen and oxygen atoms in total. The van der Waals surface area contributed by atoms with Crippen LogP contribution in [0.2, 0.25) is 0 Å². The molecule has 0 aliphatic heterocycles. The smallest absolute Gasteiger partial charge is 0.0596 e. The predicted octanol–water partition coefficient (Wildman–Crippen LogP) is 1.70. The fourth-order valence-electron chi connectivity index (χ4n) is 1.43. The van der Waals surface area contributed by atoms with Crippen LogP contribution in [0.1, 0.15) is 38.1 Å². The third-order valence-electron chi connectivity index (χ3n) is 2.42. The van der Waals surface area contributed by atoms with Gasteiger partial charge in [-0.05, 0) is 26.8 Å². The van der Waals surface area contributed by atoms with Gasteiger partial charge in [0.05, 0.1) is 11.8 Å². The monoisotopic (exact) mass is 182 g/mol. The lowest BCUT2D eigenvalue weighted by Gasteiger charge is -2.15. The lowest BCUT2D eigenvalue weighted by atomic mass is 10.0. The maximum absolute atomic E-state index is 9.46. The number of hydrogen-bond donors (Lipinski definition) is 1. The van der Waals surface area contributed by atoms with E-state index < -0.39 is 0 Å². The Balaban J connectivity index is 2.98. The Kier molecular flexibility index (Phi) is 3.09. The van der Waals surface area contributed by atoms with Gasteiger partial charge in [-0.3, -0.25) is 4.68 Å². The number of hydrogen-bond acceptors (Lipinski definition) is 2. The van der Waals surface area contributed by atoms with Gasteiger partial charge in [-0.1, -0.05) is 6.92 Å². The lowest BCUT2D eigenvalue weighted by molar-refractivity contribution is 0.165. The minimum atomic E-state index is -0.318. The molecule has 2 unspecified atom stereocenters. The molecule has 0 bridgehead atoms. The minimum absolute atomic E-state index is 0.154. The van der Waals surface area contributed by atoms with Gasteiger partial charge in [-0.25, -0.2) is 0 Å². The molecule has 0 radical (unpaired) electrons. The highest BCUT2D eigenvalue weighted by molar-refractivity contribution is 5.14. The summed E-state index contributed by atoms with van der Waals surface area (Å²) in [5.41, 5.74) is 2.14. The zero-order valence-electron chi connectivity index (χ0n) is 8.78. The van der Waals surface area contributed by atoms with Gasteiger partial charge in [-0.15, -0.1) is 0 Å². The van der Waals surface area contributed by atoms with E-state index in [-0.39, 0.29) is 12.0 Å². The van der Waals surface area contributed by atoms with E-state index in [1.165, 1.54) is 0 Å². The van der Waals surface area contributed by atoms with E-state index in [1.54, 1.807) is 0 Å². The number of aryl methyl sites for hydroxylation is 2. The molecule has 1 aromatic heterocycles. The normalized spacial score (nSPS) is 15.8. The van der Waals surface area contributed by atoms with Crippen LogP contribution in [0.5, 0.6) is 0 Å². The van der Waals surface area contributed by atoms with Gasteiger partial charge in [0.1, 0.15) is 0 Å². The van der Waals surface area contributed by atoms with E-state index in [0.717, 1.165) is 17.9 Å². The largest absolute Gasteiger partial charge is 0.393 e. The first kappa shape index (κ1) is 10.3. The summed E-state index contributed by atoms with van der Waals surface area (Å²) < 4.78 is 1.95. The molecule has 0 saturated heterocycles. The molecule has 1 aromatic rings. The summed E-state index contributed by atoms with van der Waals surface area (Å²) in [5.74, 6) is 0.154. The van der Waals surface area contributed by atoms with Crippen LogP contribution in [0, 0.1) is 6.92 Å². The van der Waals surface area contributed by atoms with Gasteiger partial charge in [0.15, 0.2) is 0 Å². The third kappa shape index (κ3) is 2.10. The van der Waals surface area contributed by atoms with Crippen molar-refractivity contribution in [2.45, 2.75) is 46.3 Å². The van der Waals surface area contributed by atoms with Crippen LogP contribution >= 0.6 is 0 Å². The maximum Gasteiger partial charge on any atom is 0.0596 e. The Hall–Kier alpha value is -0.830. The zero-order valence-corrected chi connectivity index (χ0v) is 8.78. The molecule has 0 spiro atoms. The molecule has 1 heterocycles. The van der Waals surface area contributed by atoms with Crippen LogP contribution in [0.3, 0.4) is 0 Å². The summed E-state index contributed by atoms with van der Waals surface area (Å²) in [6.07, 6.45) is -0.318. The molecule has 13 heavy (non-hydrogen) atoms. The average molecular weight is 182 g/mol. The second kappa shape index (κ2) is 3.92. The SMILES string of the molecule is CCn1nc(C)cc1C(C)C(C)O. The zero-order chi connectivity index (χ0) is 10.0. The summed E-state index contributed by atoms with van der Waals surface area (Å²) in [5, 5.41) is 13.8. The van der Waals surface area contributed by atoms with Gasteiger partial charge >= 0.3 is 0 Å². The van der Waals surface area contributed by atoms with Crippen molar-refractivity contribution in [1.82, 2.24) is 9.78 Å². The summed E-state index contributed by atoms with van der Waals surface area (Å²) in [7, 11) is 0. The van der Waals surface area contributed by atoms with E-state index in [2.05, 4.69) is 12.0 Å². The number of aromatic nitrogens is 2. The lowest BCUT2D eigenvalue weighted by Crippen LogP contribution is -2.15. The molecule has 0 aliphatic carbocycles. The fourth-order valence-corrected chi connectivity index (χ4v) is 1.43. The second-order valence-electron chi connectivity index (χ2n) is 3.56. The van der Waals surface area contributed by atoms with Crippen molar-refractivity contribution in [3.05, 3.63) is 17.5 Å². The first-order valence-corrected chi connectivity index (χ1v) is 4.78. The van der Waals surface area contributed by atoms with E-state index in [4.69, 9.17) is 0 Å². The summed E-state index contributed by atoms with van der Waals surface area (Å²) in [6.45, 7) is 8.73. The Morgan fingerprint density at radius 1 is 1.54 bits per heavy atom. The standard InChI is InChI=1S/C10H18N2O/c1-5-12-10(6-7(2)11-12)8(3)9(4)13/h6,8-9,13H,5H2,1-4H3. The van der Waals surface area contributed by atoms with E-state index in [0.29, 0.717) is 0 Å². The molecule has 0 aliphatic rings. The molecule has 0 amide bonds. The first-order valence-electron chi connectivity index (χ1n) is 4.78. The van der Waals surface area contributed by atoms with Crippen molar-refractivity contribution in [2.75, 3.05) is 0 Å². The first-order chi connectivity index (χ1) is 6.06. The van der Waals surface area contributed by atoms with Crippen molar-refractivity contribution in [3.63, 3.8) is 0 Å². The van der Waals surface area contributed by atoms with E-state index in [1.807, 2.05) is 31.5 Å². The highest BCUT2D eigenvalue weighted by atomic mass is 16.3. The van der Waals surface area contributed by atoms with Crippen LogP contribution in [-0.2, 0) is 6.54 Å². The van der Waals surface area contributed by atoms with Crippen LogP contribution in [0.4, 0.5) is 0 Å². The quantitative estimate of drug-likeness (QED) is 0.772. The van der Waals surface area contributed by atoms with Gasteiger partial charge < -0.3 is 5.11 Å². The molecule has 2 atom stereocenters. The summed E-state index contributed by atoms with van der Waals surface area (Å²) in [6, 6.07) is 2.04. The van der Waals surface area contributed by atoms with Gasteiger partial charge in [0.25, 0.3) is 0 Å². The van der Waals surface area contributed by atoms with Crippen molar-refractivity contribution in [2.24, 2.45) is 0 Å². The molecule has 0 fully saturated rings. The van der Waals surface area contributed by atoms with Gasteiger partial charge in [0.2, 0.25) is 0 Å². The molecule has 1 N–H and O–H groups in total. The van der Waals surface area contributed by atoms with Crippen LogP contribution < -0.4 is 0 Å². The topological polar surface area (TPSA) is 38.0 Å². The fraction of sp³-hybridized carbons (Fsp3) is 0.700. The molecular formula is C10H18N2O. The van der Waals surface area contributed by atoms with Gasteiger partial charge in [0, 0.05) is 18.2 Å². The van der Waals surface area contributed by atoms with Crippen molar-refractivity contribution in [1.29, 1.82) is 0 Å². The van der Waals surface area contributed by atoms with E-state index >= 15 is 0 Å².